The monoisotopic (exact) mass is 267 g/mol. The van der Waals surface area contributed by atoms with E-state index in [2.05, 4.69) is 24.1 Å². The van der Waals surface area contributed by atoms with E-state index in [0.29, 0.717) is 0 Å². The number of nitrogens with zero attached hydrogens (tertiary/aromatic N) is 1. The molecule has 0 atom stereocenters. The number of carbonyl (C=O) groups is 1. The van der Waals surface area contributed by atoms with E-state index in [0.717, 1.165) is 37.1 Å². The van der Waals surface area contributed by atoms with E-state index in [1.165, 1.54) is 10.8 Å². The molecule has 2 heterocycles. The van der Waals surface area contributed by atoms with Gasteiger partial charge in [-0.25, -0.2) is 4.79 Å². The highest BCUT2D eigenvalue weighted by molar-refractivity contribution is 6.02. The highest BCUT2D eigenvalue weighted by Gasteiger charge is 2.47. The molecule has 3 heteroatoms. The van der Waals surface area contributed by atoms with Gasteiger partial charge in [-0.1, -0.05) is 30.3 Å². The van der Waals surface area contributed by atoms with Crippen LogP contribution in [-0.2, 0) is 10.3 Å². The van der Waals surface area contributed by atoms with Crippen LogP contribution in [0.15, 0.2) is 36.4 Å². The molecule has 2 aliphatic rings. The Bertz CT molecular complexity index is 699. The van der Waals surface area contributed by atoms with Gasteiger partial charge in [0.15, 0.2) is 0 Å². The molecule has 3 nitrogen and oxygen atoms in total. The van der Waals surface area contributed by atoms with Gasteiger partial charge in [-0.05, 0) is 23.9 Å². The second-order valence-corrected chi connectivity index (χ2v) is 5.90. The summed E-state index contributed by atoms with van der Waals surface area (Å²) in [7, 11) is 2.12. The molecule has 20 heavy (non-hydrogen) atoms. The summed E-state index contributed by atoms with van der Waals surface area (Å²) in [6, 6.07) is 12.2. The zero-order valence-corrected chi connectivity index (χ0v) is 11.6. The third-order valence-corrected chi connectivity index (χ3v) is 4.69. The van der Waals surface area contributed by atoms with Crippen LogP contribution in [0.1, 0.15) is 28.8 Å². The first-order valence-electron chi connectivity index (χ1n) is 7.14. The largest absolute Gasteiger partial charge is 0.450 e. The number of rotatable bonds is 0. The number of carbonyl (C=O) groups excluding carboxylic acids is 1. The average molecular weight is 267 g/mol. The fraction of sp³-hybridized carbons (Fsp3) is 0.353. The van der Waals surface area contributed by atoms with Gasteiger partial charge in [-0.3, -0.25) is 0 Å². The van der Waals surface area contributed by atoms with Crippen molar-refractivity contribution in [3.05, 3.63) is 47.5 Å². The molecule has 2 aliphatic heterocycles. The third-order valence-electron chi connectivity index (χ3n) is 4.69. The summed E-state index contributed by atoms with van der Waals surface area (Å²) in [5, 5.41) is 2.35. The van der Waals surface area contributed by atoms with Crippen LogP contribution in [0, 0.1) is 0 Å². The van der Waals surface area contributed by atoms with Crippen molar-refractivity contribution in [2.45, 2.75) is 18.4 Å². The summed E-state index contributed by atoms with van der Waals surface area (Å²) in [5.74, 6) is -0.157. The van der Waals surface area contributed by atoms with Crippen molar-refractivity contribution in [1.82, 2.24) is 4.90 Å². The van der Waals surface area contributed by atoms with Gasteiger partial charge in [-0.2, -0.15) is 0 Å². The van der Waals surface area contributed by atoms with Crippen LogP contribution in [-0.4, -0.2) is 31.0 Å². The lowest BCUT2D eigenvalue weighted by atomic mass is 9.81. The Morgan fingerprint density at radius 2 is 1.85 bits per heavy atom. The second-order valence-electron chi connectivity index (χ2n) is 5.90. The van der Waals surface area contributed by atoms with Gasteiger partial charge in [0.05, 0.1) is 5.56 Å². The molecule has 0 radical (unpaired) electrons. The Morgan fingerprint density at radius 1 is 1.10 bits per heavy atom. The number of ether oxygens (including phenoxy) is 1. The topological polar surface area (TPSA) is 29.5 Å². The minimum Gasteiger partial charge on any atom is -0.450 e. The van der Waals surface area contributed by atoms with E-state index in [4.69, 9.17) is 4.74 Å². The van der Waals surface area contributed by atoms with Crippen LogP contribution in [0.3, 0.4) is 0 Å². The summed E-state index contributed by atoms with van der Waals surface area (Å²) >= 11 is 0. The van der Waals surface area contributed by atoms with Gasteiger partial charge < -0.3 is 9.64 Å². The van der Waals surface area contributed by atoms with Crippen LogP contribution in [0.4, 0.5) is 0 Å². The molecular weight excluding hydrogens is 250 g/mol. The van der Waals surface area contributed by atoms with Crippen LogP contribution < -0.4 is 0 Å². The molecule has 0 amide bonds. The highest BCUT2D eigenvalue weighted by Crippen LogP contribution is 2.46. The maximum absolute atomic E-state index is 12.2. The van der Waals surface area contributed by atoms with Gasteiger partial charge in [0, 0.05) is 31.5 Å². The van der Waals surface area contributed by atoms with E-state index in [1.807, 2.05) is 24.3 Å². The molecule has 0 aromatic heterocycles. The van der Waals surface area contributed by atoms with E-state index in [1.54, 1.807) is 0 Å². The summed E-state index contributed by atoms with van der Waals surface area (Å²) in [6.07, 6.45) is 1.77. The van der Waals surface area contributed by atoms with Crippen molar-refractivity contribution < 1.29 is 9.53 Å². The number of esters is 1. The summed E-state index contributed by atoms with van der Waals surface area (Å²) in [5.41, 5.74) is 1.47. The lowest BCUT2D eigenvalue weighted by Crippen LogP contribution is -2.41. The Morgan fingerprint density at radius 3 is 2.65 bits per heavy atom. The fourth-order valence-corrected chi connectivity index (χ4v) is 3.55. The van der Waals surface area contributed by atoms with E-state index < -0.39 is 5.60 Å². The quantitative estimate of drug-likeness (QED) is 0.687. The Balaban J connectivity index is 1.96. The molecule has 2 aromatic rings. The second kappa shape index (κ2) is 4.06. The summed E-state index contributed by atoms with van der Waals surface area (Å²) in [4.78, 5) is 14.5. The molecule has 0 saturated carbocycles. The molecule has 2 aromatic carbocycles. The van der Waals surface area contributed by atoms with Crippen molar-refractivity contribution in [2.24, 2.45) is 0 Å². The molecule has 0 aliphatic carbocycles. The van der Waals surface area contributed by atoms with Crippen molar-refractivity contribution in [3.63, 3.8) is 0 Å². The van der Waals surface area contributed by atoms with Crippen LogP contribution >= 0.6 is 0 Å². The van der Waals surface area contributed by atoms with Gasteiger partial charge in [-0.15, -0.1) is 0 Å². The first-order chi connectivity index (χ1) is 9.70. The lowest BCUT2D eigenvalue weighted by Gasteiger charge is -2.37. The molecule has 0 bridgehead atoms. The van der Waals surface area contributed by atoms with Crippen molar-refractivity contribution in [1.29, 1.82) is 0 Å². The molecule has 1 fully saturated rings. The normalized spacial score (nSPS) is 21.1. The molecule has 0 N–H and O–H groups in total. The van der Waals surface area contributed by atoms with Crippen LogP contribution in [0.5, 0.6) is 0 Å². The smallest absolute Gasteiger partial charge is 0.339 e. The highest BCUT2D eigenvalue weighted by atomic mass is 16.6. The van der Waals surface area contributed by atoms with E-state index >= 15 is 0 Å². The van der Waals surface area contributed by atoms with E-state index in [-0.39, 0.29) is 5.97 Å². The molecule has 1 saturated heterocycles. The standard InChI is InChI=1S/C17H17NO2/c1-18-10-8-17(9-11-18)15-13-5-3-2-4-12(13)6-7-14(15)16(19)20-17/h2-7H,8-11H2,1H3. The number of hydrogen-bond acceptors (Lipinski definition) is 3. The average Bonchev–Trinajstić information content (AvgIpc) is 2.76. The molecule has 1 spiro atoms. The maximum Gasteiger partial charge on any atom is 0.339 e. The minimum atomic E-state index is -0.403. The summed E-state index contributed by atoms with van der Waals surface area (Å²) in [6.45, 7) is 1.94. The molecule has 4 rings (SSSR count). The van der Waals surface area contributed by atoms with Crippen molar-refractivity contribution in [2.75, 3.05) is 20.1 Å². The number of likely N-dealkylation sites (tertiary alicyclic amines) is 1. The molecule has 102 valence electrons. The van der Waals surface area contributed by atoms with Crippen LogP contribution in [0.25, 0.3) is 10.8 Å². The zero-order chi connectivity index (χ0) is 13.7. The maximum atomic E-state index is 12.2. The summed E-state index contributed by atoms with van der Waals surface area (Å²) < 4.78 is 5.85. The third kappa shape index (κ3) is 1.53. The first-order valence-corrected chi connectivity index (χ1v) is 7.14. The SMILES string of the molecule is CN1CCC2(CC1)OC(=O)c1ccc3ccccc3c12. The van der Waals surface area contributed by atoms with Crippen LogP contribution in [0.2, 0.25) is 0 Å². The fourth-order valence-electron chi connectivity index (χ4n) is 3.55. The zero-order valence-electron chi connectivity index (χ0n) is 11.6. The minimum absolute atomic E-state index is 0.157. The van der Waals surface area contributed by atoms with E-state index in [9.17, 15) is 4.79 Å². The predicted molar refractivity (Wildman–Crippen MR) is 77.8 cm³/mol. The van der Waals surface area contributed by atoms with Crippen molar-refractivity contribution in [3.8, 4) is 0 Å². The van der Waals surface area contributed by atoms with Gasteiger partial charge in [0.2, 0.25) is 0 Å². The number of piperidine rings is 1. The first kappa shape index (κ1) is 11.9. The number of benzene rings is 2. The Labute approximate surface area is 118 Å². The Kier molecular flexibility index (Phi) is 2.42. The predicted octanol–water partition coefficient (Wildman–Crippen LogP) is 2.93. The lowest BCUT2D eigenvalue weighted by molar-refractivity contribution is -0.0387. The number of hydrogen-bond donors (Lipinski definition) is 0. The van der Waals surface area contributed by atoms with Crippen molar-refractivity contribution >= 4 is 16.7 Å². The van der Waals surface area contributed by atoms with Gasteiger partial charge in [0.25, 0.3) is 0 Å². The molecule has 0 unspecified atom stereocenters. The van der Waals surface area contributed by atoms with Gasteiger partial charge in [0.1, 0.15) is 5.60 Å². The van der Waals surface area contributed by atoms with Gasteiger partial charge >= 0.3 is 5.97 Å². The Hall–Kier alpha value is -1.87. The molecular formula is C17H17NO2. The number of fused-ring (bicyclic) bond motifs is 4.